The highest BCUT2D eigenvalue weighted by molar-refractivity contribution is 5.86. The Bertz CT molecular complexity index is 825. The predicted molar refractivity (Wildman–Crippen MR) is 89.6 cm³/mol. The molecular formula is C18H19N3O3. The zero-order chi connectivity index (χ0) is 16.9. The summed E-state index contributed by atoms with van der Waals surface area (Å²) in [5.41, 5.74) is 2.23. The molecule has 0 atom stereocenters. The Balaban J connectivity index is 1.55. The van der Waals surface area contributed by atoms with Crippen LogP contribution in [0.3, 0.4) is 0 Å². The number of fused-ring (bicyclic) bond motifs is 1. The van der Waals surface area contributed by atoms with Gasteiger partial charge in [-0.05, 0) is 31.5 Å². The number of carbonyl (C=O) groups is 1. The van der Waals surface area contributed by atoms with Crippen LogP contribution in [0.5, 0.6) is 5.88 Å². The topological polar surface area (TPSA) is 77.2 Å². The van der Waals surface area contributed by atoms with Gasteiger partial charge in [0.15, 0.2) is 5.58 Å². The lowest BCUT2D eigenvalue weighted by Crippen LogP contribution is -2.24. The highest BCUT2D eigenvalue weighted by Gasteiger charge is 2.11. The number of carbonyl (C=O) groups excluding carboxylic acids is 1. The van der Waals surface area contributed by atoms with Gasteiger partial charge in [-0.1, -0.05) is 23.4 Å². The largest absolute Gasteiger partial charge is 0.475 e. The summed E-state index contributed by atoms with van der Waals surface area (Å²) in [5, 5.41) is 7.69. The second-order valence-electron chi connectivity index (χ2n) is 5.75. The van der Waals surface area contributed by atoms with Gasteiger partial charge < -0.3 is 14.6 Å². The smallest absolute Gasteiger partial charge is 0.226 e. The van der Waals surface area contributed by atoms with Crippen LogP contribution in [0.4, 0.5) is 0 Å². The van der Waals surface area contributed by atoms with Crippen molar-refractivity contribution in [2.24, 2.45) is 0 Å². The molecule has 6 heteroatoms. The molecule has 6 nitrogen and oxygen atoms in total. The molecule has 1 N–H and O–H groups in total. The standard InChI is InChI=1S/C18H19N3O3/c1-12(2)23-18-8-7-13(11-20-18)10-19-17(22)9-15-14-5-3-4-6-16(14)24-21-15/h3-8,11-12H,9-10H2,1-2H3,(H,19,22). The maximum Gasteiger partial charge on any atom is 0.226 e. The van der Waals surface area contributed by atoms with Gasteiger partial charge in [0, 0.05) is 24.2 Å². The van der Waals surface area contributed by atoms with Gasteiger partial charge in [0.25, 0.3) is 0 Å². The van der Waals surface area contributed by atoms with E-state index in [0.29, 0.717) is 23.7 Å². The van der Waals surface area contributed by atoms with Crippen molar-refractivity contribution >= 4 is 16.9 Å². The molecule has 24 heavy (non-hydrogen) atoms. The Labute approximate surface area is 139 Å². The molecule has 0 fully saturated rings. The van der Waals surface area contributed by atoms with E-state index >= 15 is 0 Å². The number of nitrogens with zero attached hydrogens (tertiary/aromatic N) is 2. The molecule has 1 aromatic carbocycles. The summed E-state index contributed by atoms with van der Waals surface area (Å²) in [5.74, 6) is 0.464. The normalized spacial score (nSPS) is 11.0. The van der Waals surface area contributed by atoms with Gasteiger partial charge in [-0.15, -0.1) is 0 Å². The van der Waals surface area contributed by atoms with Crippen molar-refractivity contribution in [3.05, 3.63) is 53.9 Å². The van der Waals surface area contributed by atoms with Crippen molar-refractivity contribution < 1.29 is 14.1 Å². The summed E-state index contributed by atoms with van der Waals surface area (Å²) in [6.07, 6.45) is 1.96. The Morgan fingerprint density at radius 2 is 2.08 bits per heavy atom. The fraction of sp³-hybridized carbons (Fsp3) is 0.278. The quantitative estimate of drug-likeness (QED) is 0.754. The Morgan fingerprint density at radius 1 is 1.25 bits per heavy atom. The molecule has 0 unspecified atom stereocenters. The lowest BCUT2D eigenvalue weighted by atomic mass is 10.1. The molecule has 0 aliphatic heterocycles. The summed E-state index contributed by atoms with van der Waals surface area (Å²) in [7, 11) is 0. The zero-order valence-electron chi connectivity index (χ0n) is 13.7. The van der Waals surface area contributed by atoms with Gasteiger partial charge >= 0.3 is 0 Å². The van der Waals surface area contributed by atoms with E-state index in [1.807, 2.05) is 44.2 Å². The third kappa shape index (κ3) is 3.90. The average Bonchev–Trinajstić information content (AvgIpc) is 2.97. The summed E-state index contributed by atoms with van der Waals surface area (Å²) in [6, 6.07) is 11.2. The molecule has 2 heterocycles. The van der Waals surface area contributed by atoms with E-state index in [2.05, 4.69) is 15.5 Å². The number of para-hydroxylation sites is 1. The highest BCUT2D eigenvalue weighted by Crippen LogP contribution is 2.18. The van der Waals surface area contributed by atoms with Crippen LogP contribution in [0.1, 0.15) is 25.1 Å². The summed E-state index contributed by atoms with van der Waals surface area (Å²) >= 11 is 0. The number of hydrogen-bond donors (Lipinski definition) is 1. The zero-order valence-corrected chi connectivity index (χ0v) is 13.7. The third-order valence-electron chi connectivity index (χ3n) is 3.42. The second kappa shape index (κ2) is 7.12. The fourth-order valence-electron chi connectivity index (χ4n) is 2.31. The molecule has 124 valence electrons. The molecule has 2 aromatic heterocycles. The first kappa shape index (κ1) is 16.0. The number of ether oxygens (including phenoxy) is 1. The molecule has 0 saturated carbocycles. The number of benzene rings is 1. The first-order chi connectivity index (χ1) is 11.6. The first-order valence-electron chi connectivity index (χ1n) is 7.83. The Hall–Kier alpha value is -2.89. The van der Waals surface area contributed by atoms with Crippen LogP contribution in [-0.2, 0) is 17.8 Å². The van der Waals surface area contributed by atoms with E-state index in [1.165, 1.54) is 0 Å². The number of nitrogens with one attached hydrogen (secondary N) is 1. The van der Waals surface area contributed by atoms with Gasteiger partial charge in [0.05, 0.1) is 12.5 Å². The van der Waals surface area contributed by atoms with Crippen molar-refractivity contribution in [2.45, 2.75) is 32.9 Å². The van der Waals surface area contributed by atoms with Crippen LogP contribution in [0, 0.1) is 0 Å². The molecule has 0 radical (unpaired) electrons. The Kier molecular flexibility index (Phi) is 4.74. The van der Waals surface area contributed by atoms with Crippen molar-refractivity contribution in [3.8, 4) is 5.88 Å². The predicted octanol–water partition coefficient (Wildman–Crippen LogP) is 2.87. The van der Waals surface area contributed by atoms with Crippen LogP contribution in [-0.4, -0.2) is 22.2 Å². The van der Waals surface area contributed by atoms with Crippen molar-refractivity contribution in [1.29, 1.82) is 0 Å². The molecule has 0 bridgehead atoms. The van der Waals surface area contributed by atoms with Gasteiger partial charge in [0.1, 0.15) is 5.69 Å². The van der Waals surface area contributed by atoms with Crippen LogP contribution in [0.15, 0.2) is 47.1 Å². The molecule has 0 aliphatic rings. The molecular weight excluding hydrogens is 306 g/mol. The van der Waals surface area contributed by atoms with E-state index in [4.69, 9.17) is 9.26 Å². The average molecular weight is 325 g/mol. The maximum atomic E-state index is 12.1. The number of aromatic nitrogens is 2. The summed E-state index contributed by atoms with van der Waals surface area (Å²) < 4.78 is 10.7. The number of rotatable bonds is 6. The van der Waals surface area contributed by atoms with Crippen LogP contribution < -0.4 is 10.1 Å². The molecule has 0 spiro atoms. The SMILES string of the molecule is CC(C)Oc1ccc(CNC(=O)Cc2noc3ccccc23)cn1. The number of amides is 1. The molecule has 0 saturated heterocycles. The van der Waals surface area contributed by atoms with Crippen LogP contribution in [0.25, 0.3) is 11.0 Å². The minimum Gasteiger partial charge on any atom is -0.475 e. The van der Waals surface area contributed by atoms with Crippen LogP contribution >= 0.6 is 0 Å². The number of hydrogen-bond acceptors (Lipinski definition) is 5. The molecule has 3 aromatic rings. The van der Waals surface area contributed by atoms with E-state index in [0.717, 1.165) is 10.9 Å². The summed E-state index contributed by atoms with van der Waals surface area (Å²) in [6.45, 7) is 4.30. The van der Waals surface area contributed by atoms with E-state index < -0.39 is 0 Å². The maximum absolute atomic E-state index is 12.1. The fourth-order valence-corrected chi connectivity index (χ4v) is 2.31. The third-order valence-corrected chi connectivity index (χ3v) is 3.42. The van der Waals surface area contributed by atoms with E-state index in [1.54, 1.807) is 12.3 Å². The van der Waals surface area contributed by atoms with Crippen molar-refractivity contribution in [2.75, 3.05) is 0 Å². The Morgan fingerprint density at radius 3 is 2.83 bits per heavy atom. The van der Waals surface area contributed by atoms with Gasteiger partial charge in [0.2, 0.25) is 11.8 Å². The highest BCUT2D eigenvalue weighted by atomic mass is 16.5. The van der Waals surface area contributed by atoms with Crippen molar-refractivity contribution in [1.82, 2.24) is 15.5 Å². The van der Waals surface area contributed by atoms with Gasteiger partial charge in [-0.2, -0.15) is 0 Å². The first-order valence-corrected chi connectivity index (χ1v) is 7.83. The van der Waals surface area contributed by atoms with Crippen LogP contribution in [0.2, 0.25) is 0 Å². The van der Waals surface area contributed by atoms with Gasteiger partial charge in [-0.25, -0.2) is 4.98 Å². The monoisotopic (exact) mass is 325 g/mol. The minimum atomic E-state index is -0.114. The lowest BCUT2D eigenvalue weighted by molar-refractivity contribution is -0.120. The molecule has 3 rings (SSSR count). The molecule has 1 amide bonds. The van der Waals surface area contributed by atoms with Crippen molar-refractivity contribution in [3.63, 3.8) is 0 Å². The second-order valence-corrected chi connectivity index (χ2v) is 5.75. The van der Waals surface area contributed by atoms with E-state index in [-0.39, 0.29) is 18.4 Å². The van der Waals surface area contributed by atoms with E-state index in [9.17, 15) is 4.79 Å². The van der Waals surface area contributed by atoms with Gasteiger partial charge in [-0.3, -0.25) is 4.79 Å². The lowest BCUT2D eigenvalue weighted by Gasteiger charge is -2.09. The minimum absolute atomic E-state index is 0.0836. The number of pyridine rings is 1. The molecule has 0 aliphatic carbocycles. The summed E-state index contributed by atoms with van der Waals surface area (Å²) in [4.78, 5) is 16.3.